The van der Waals surface area contributed by atoms with Crippen molar-refractivity contribution in [2.75, 3.05) is 5.32 Å². The summed E-state index contributed by atoms with van der Waals surface area (Å²) in [6.45, 7) is 5.91. The zero-order valence-electron chi connectivity index (χ0n) is 19.1. The molecule has 4 rings (SSSR count). The molecule has 0 atom stereocenters. The van der Waals surface area contributed by atoms with Crippen LogP contribution in [-0.4, -0.2) is 27.5 Å². The molecule has 0 saturated heterocycles. The molecule has 2 aromatic rings. The second-order valence-corrected chi connectivity index (χ2v) is 10.2. The predicted octanol–water partition coefficient (Wildman–Crippen LogP) is 5.14. The first-order chi connectivity index (χ1) is 15.4. The Hall–Kier alpha value is -2.84. The normalized spacial score (nSPS) is 22.7. The zero-order valence-corrected chi connectivity index (χ0v) is 19.1. The molecule has 33 heavy (non-hydrogen) atoms. The highest BCUT2D eigenvalue weighted by Gasteiger charge is 2.45. The lowest BCUT2D eigenvalue weighted by Gasteiger charge is -2.30. The molecule has 1 aromatic heterocycles. The summed E-state index contributed by atoms with van der Waals surface area (Å²) in [6, 6.07) is 4.78. The minimum absolute atomic E-state index is 0.0301. The molecule has 1 saturated carbocycles. The van der Waals surface area contributed by atoms with Crippen LogP contribution in [0, 0.1) is 11.3 Å². The smallest absolute Gasteiger partial charge is 0.382 e. The molecule has 178 valence electrons. The Kier molecular flexibility index (Phi) is 5.78. The molecule has 0 radical (unpaired) electrons. The second kappa shape index (κ2) is 8.18. The van der Waals surface area contributed by atoms with Crippen molar-refractivity contribution >= 4 is 17.4 Å². The number of aromatic nitrogens is 2. The fraction of sp³-hybridized carbons (Fsp3) is 0.542. The zero-order chi connectivity index (χ0) is 24.1. The van der Waals surface area contributed by atoms with E-state index in [-0.39, 0.29) is 35.7 Å². The van der Waals surface area contributed by atoms with Crippen molar-refractivity contribution in [3.05, 3.63) is 40.7 Å². The highest BCUT2D eigenvalue weighted by atomic mass is 19.4. The maximum absolute atomic E-state index is 13.8. The number of carbonyl (C=O) groups is 2. The van der Waals surface area contributed by atoms with Crippen LogP contribution >= 0.6 is 0 Å². The molecule has 6 nitrogen and oxygen atoms in total. The Morgan fingerprint density at radius 2 is 1.85 bits per heavy atom. The van der Waals surface area contributed by atoms with Gasteiger partial charge in [-0.05, 0) is 61.6 Å². The van der Waals surface area contributed by atoms with Gasteiger partial charge in [0.15, 0.2) is 11.5 Å². The first kappa shape index (κ1) is 23.3. The summed E-state index contributed by atoms with van der Waals surface area (Å²) < 4.78 is 42.5. The molecular formula is C24H29F3N4O2. The molecule has 1 amide bonds. The monoisotopic (exact) mass is 462 g/mol. The number of Topliss-reactive ketones (excluding diaryl/α,β-unsaturated/α-hetero) is 1. The van der Waals surface area contributed by atoms with Crippen LogP contribution in [-0.2, 0) is 12.6 Å². The van der Waals surface area contributed by atoms with Crippen LogP contribution in [0.15, 0.2) is 18.2 Å². The van der Waals surface area contributed by atoms with Crippen molar-refractivity contribution in [2.24, 2.45) is 17.1 Å². The molecule has 0 spiro atoms. The van der Waals surface area contributed by atoms with Gasteiger partial charge >= 0.3 is 6.18 Å². The number of fused-ring (bicyclic) bond motifs is 1. The number of hydrogen-bond donors (Lipinski definition) is 2. The largest absolute Gasteiger partial charge is 0.435 e. The molecule has 1 fully saturated rings. The van der Waals surface area contributed by atoms with Crippen molar-refractivity contribution in [3.63, 3.8) is 0 Å². The second-order valence-electron chi connectivity index (χ2n) is 10.2. The standard InChI is InChI=1S/C24H29F3N4O2/c1-13-4-6-14(7-5-13)29-17-10-15(8-9-16(17)22(28)33)31-18-11-23(2,3)12-19(32)20(18)21(30-31)24(25,26)27/h8-10,13-14,29H,4-7,11-12H2,1-3H3,(H2,28,33). The number of nitrogens with two attached hydrogens (primary N) is 1. The minimum Gasteiger partial charge on any atom is -0.382 e. The number of rotatable bonds is 4. The number of hydrogen-bond acceptors (Lipinski definition) is 4. The Balaban J connectivity index is 1.81. The highest BCUT2D eigenvalue weighted by Crippen LogP contribution is 2.42. The summed E-state index contributed by atoms with van der Waals surface area (Å²) in [4.78, 5) is 24.7. The molecular weight excluding hydrogens is 433 g/mol. The van der Waals surface area contributed by atoms with Gasteiger partial charge in [-0.1, -0.05) is 20.8 Å². The lowest BCUT2D eigenvalue weighted by atomic mass is 9.75. The van der Waals surface area contributed by atoms with E-state index in [1.807, 2.05) is 13.8 Å². The molecule has 3 N–H and O–H groups in total. The number of halogens is 3. The summed E-state index contributed by atoms with van der Waals surface area (Å²) in [7, 11) is 0. The van der Waals surface area contributed by atoms with Crippen LogP contribution in [0.4, 0.5) is 18.9 Å². The third-order valence-electron chi connectivity index (χ3n) is 6.70. The topological polar surface area (TPSA) is 90.0 Å². The van der Waals surface area contributed by atoms with Gasteiger partial charge < -0.3 is 11.1 Å². The molecule has 2 aliphatic carbocycles. The minimum atomic E-state index is -4.75. The number of amides is 1. The lowest BCUT2D eigenvalue weighted by molar-refractivity contribution is -0.141. The van der Waals surface area contributed by atoms with E-state index in [9.17, 15) is 22.8 Å². The van der Waals surface area contributed by atoms with E-state index in [0.717, 1.165) is 25.7 Å². The molecule has 0 aliphatic heterocycles. The first-order valence-electron chi connectivity index (χ1n) is 11.3. The lowest BCUT2D eigenvalue weighted by Crippen LogP contribution is -2.29. The number of nitrogens with one attached hydrogen (secondary N) is 1. The summed E-state index contributed by atoms with van der Waals surface area (Å²) in [5, 5.41) is 7.22. The van der Waals surface area contributed by atoms with E-state index >= 15 is 0 Å². The SMILES string of the molecule is CC1CCC(Nc2cc(-n3nc(C(F)(F)F)c4c3CC(C)(C)CC4=O)ccc2C(N)=O)CC1. The molecule has 0 unspecified atom stereocenters. The number of carbonyl (C=O) groups excluding carboxylic acids is 2. The number of ketones is 1. The van der Waals surface area contributed by atoms with E-state index in [1.54, 1.807) is 6.07 Å². The van der Waals surface area contributed by atoms with Gasteiger partial charge in [-0.2, -0.15) is 18.3 Å². The van der Waals surface area contributed by atoms with E-state index in [1.165, 1.54) is 16.8 Å². The van der Waals surface area contributed by atoms with Crippen molar-refractivity contribution in [2.45, 2.75) is 71.5 Å². The van der Waals surface area contributed by atoms with Crippen LogP contribution in [0.2, 0.25) is 0 Å². The molecule has 0 bridgehead atoms. The summed E-state index contributed by atoms with van der Waals surface area (Å²) in [5.41, 5.74) is 4.90. The van der Waals surface area contributed by atoms with Gasteiger partial charge in [0.25, 0.3) is 5.91 Å². The molecule has 9 heteroatoms. The average Bonchev–Trinajstić information content (AvgIpc) is 3.08. The highest BCUT2D eigenvalue weighted by molar-refractivity contribution is 6.00. The van der Waals surface area contributed by atoms with Gasteiger partial charge in [-0.3, -0.25) is 9.59 Å². The summed E-state index contributed by atoms with van der Waals surface area (Å²) in [6.07, 6.45) is -0.465. The average molecular weight is 463 g/mol. The predicted molar refractivity (Wildman–Crippen MR) is 119 cm³/mol. The number of benzene rings is 1. The summed E-state index contributed by atoms with van der Waals surface area (Å²) in [5.74, 6) is -0.534. The van der Waals surface area contributed by atoms with Gasteiger partial charge in [-0.25, -0.2) is 4.68 Å². The molecule has 2 aliphatic rings. The van der Waals surface area contributed by atoms with E-state index in [2.05, 4.69) is 17.3 Å². The van der Waals surface area contributed by atoms with E-state index in [4.69, 9.17) is 5.73 Å². The molecule has 1 heterocycles. The number of anilines is 1. The Morgan fingerprint density at radius 3 is 2.45 bits per heavy atom. The van der Waals surface area contributed by atoms with Crippen LogP contribution in [0.25, 0.3) is 5.69 Å². The maximum Gasteiger partial charge on any atom is 0.435 e. The van der Waals surface area contributed by atoms with Crippen molar-refractivity contribution in [1.29, 1.82) is 0 Å². The fourth-order valence-corrected chi connectivity index (χ4v) is 4.98. The van der Waals surface area contributed by atoms with Gasteiger partial charge in [0.05, 0.1) is 22.5 Å². The van der Waals surface area contributed by atoms with Crippen LogP contribution in [0.1, 0.15) is 85.0 Å². The summed E-state index contributed by atoms with van der Waals surface area (Å²) >= 11 is 0. The van der Waals surface area contributed by atoms with Gasteiger partial charge in [0.1, 0.15) is 0 Å². The van der Waals surface area contributed by atoms with Crippen molar-refractivity contribution in [1.82, 2.24) is 9.78 Å². The number of nitrogens with zero attached hydrogens (tertiary/aromatic N) is 2. The quantitative estimate of drug-likeness (QED) is 0.659. The Morgan fingerprint density at radius 1 is 1.18 bits per heavy atom. The Bertz CT molecular complexity index is 1100. The maximum atomic E-state index is 13.8. The van der Waals surface area contributed by atoms with E-state index in [0.29, 0.717) is 17.3 Å². The van der Waals surface area contributed by atoms with Crippen molar-refractivity contribution < 1.29 is 22.8 Å². The third-order valence-corrected chi connectivity index (χ3v) is 6.70. The van der Waals surface area contributed by atoms with E-state index < -0.39 is 29.0 Å². The molecule has 1 aromatic carbocycles. The third kappa shape index (κ3) is 4.63. The Labute approximate surface area is 190 Å². The van der Waals surface area contributed by atoms with Crippen molar-refractivity contribution in [3.8, 4) is 5.69 Å². The fourth-order valence-electron chi connectivity index (χ4n) is 4.98. The van der Waals surface area contributed by atoms with Gasteiger partial charge in [0.2, 0.25) is 0 Å². The van der Waals surface area contributed by atoms with Crippen LogP contribution in [0.3, 0.4) is 0 Å². The first-order valence-corrected chi connectivity index (χ1v) is 11.3. The van der Waals surface area contributed by atoms with Gasteiger partial charge in [0, 0.05) is 18.2 Å². The number of alkyl halides is 3. The van der Waals surface area contributed by atoms with Crippen LogP contribution in [0.5, 0.6) is 0 Å². The number of primary amides is 1. The van der Waals surface area contributed by atoms with Crippen LogP contribution < -0.4 is 11.1 Å². The van der Waals surface area contributed by atoms with Gasteiger partial charge in [-0.15, -0.1) is 0 Å².